The van der Waals surface area contributed by atoms with Crippen LogP contribution in [0.3, 0.4) is 0 Å². The van der Waals surface area contributed by atoms with Crippen LogP contribution in [0.1, 0.15) is 105 Å². The van der Waals surface area contributed by atoms with Gasteiger partial charge in [0.15, 0.2) is 0 Å². The minimum absolute atomic E-state index is 0.0289. The Kier molecular flexibility index (Phi) is 10.2. The summed E-state index contributed by atoms with van der Waals surface area (Å²) in [5.74, 6) is 3.50. The summed E-state index contributed by atoms with van der Waals surface area (Å²) >= 11 is 0. The standard InChI is InChI=1S/C33H46F6O3/c1-22-23(10-6-12-26(22)40)13-14-24-11-7-20-30(5)25(24)15-16-27(30)29(4,18-8-17-28(2,3)41)19-9-21-31(42,32(34,35)36)33(37,38)39/h13-14,25-27,40-42H,1,6-8,10-12,15-20H2,2-5H3/b23-13-,24-14+. The van der Waals surface area contributed by atoms with Crippen LogP contribution in [0.4, 0.5) is 26.3 Å². The lowest BCUT2D eigenvalue weighted by Crippen LogP contribution is -2.55. The Bertz CT molecular complexity index is 1100. The van der Waals surface area contributed by atoms with E-state index in [-0.39, 0.29) is 23.7 Å². The molecule has 5 unspecified atom stereocenters. The minimum Gasteiger partial charge on any atom is -0.390 e. The fourth-order valence-electron chi connectivity index (χ4n) is 7.80. The number of alkyl halides is 6. The zero-order valence-corrected chi connectivity index (χ0v) is 25.2. The lowest BCUT2D eigenvalue weighted by atomic mass is 9.55. The molecule has 3 aliphatic rings. The number of hydrogen-bond acceptors (Lipinski definition) is 3. The van der Waals surface area contributed by atoms with Crippen molar-refractivity contribution in [2.75, 3.05) is 0 Å². The van der Waals surface area contributed by atoms with Gasteiger partial charge in [-0.05, 0) is 118 Å². The third kappa shape index (κ3) is 7.30. The highest BCUT2D eigenvalue weighted by molar-refractivity contribution is 5.38. The van der Waals surface area contributed by atoms with E-state index in [1.165, 1.54) is 11.5 Å². The molecule has 3 saturated carbocycles. The van der Waals surface area contributed by atoms with Crippen LogP contribution < -0.4 is 0 Å². The van der Waals surface area contributed by atoms with Gasteiger partial charge in [-0.1, -0.05) is 50.5 Å². The molecule has 42 heavy (non-hydrogen) atoms. The number of aliphatic hydroxyl groups excluding tert-OH is 1. The highest BCUT2D eigenvalue weighted by Gasteiger charge is 2.70. The van der Waals surface area contributed by atoms with Crippen molar-refractivity contribution in [3.8, 4) is 11.8 Å². The van der Waals surface area contributed by atoms with Crippen LogP contribution in [0.5, 0.6) is 0 Å². The quantitative estimate of drug-likeness (QED) is 0.202. The Morgan fingerprint density at radius 3 is 2.17 bits per heavy atom. The third-order valence-corrected chi connectivity index (χ3v) is 10.2. The van der Waals surface area contributed by atoms with Crippen LogP contribution >= 0.6 is 0 Å². The first kappa shape index (κ1) is 34.7. The summed E-state index contributed by atoms with van der Waals surface area (Å²) in [6.07, 6.45) is -0.381. The molecule has 0 bridgehead atoms. The molecule has 3 rings (SSSR count). The molecule has 9 heteroatoms. The Hall–Kier alpha value is -1.76. The van der Waals surface area contributed by atoms with Crippen LogP contribution in [-0.4, -0.2) is 45.0 Å². The molecule has 3 aliphatic carbocycles. The van der Waals surface area contributed by atoms with E-state index < -0.39 is 35.1 Å². The maximum atomic E-state index is 13.3. The molecule has 0 saturated heterocycles. The monoisotopic (exact) mass is 604 g/mol. The van der Waals surface area contributed by atoms with Crippen molar-refractivity contribution in [2.45, 2.75) is 134 Å². The average molecular weight is 605 g/mol. The van der Waals surface area contributed by atoms with Gasteiger partial charge in [0.1, 0.15) is 0 Å². The maximum Gasteiger partial charge on any atom is 0.438 e. The lowest BCUT2D eigenvalue weighted by molar-refractivity contribution is -0.343. The molecule has 0 radical (unpaired) electrons. The Morgan fingerprint density at radius 1 is 0.929 bits per heavy atom. The molecule has 0 aromatic heterocycles. The van der Waals surface area contributed by atoms with Gasteiger partial charge >= 0.3 is 18.0 Å². The van der Waals surface area contributed by atoms with Gasteiger partial charge in [0.05, 0.1) is 11.7 Å². The predicted molar refractivity (Wildman–Crippen MR) is 151 cm³/mol. The van der Waals surface area contributed by atoms with Gasteiger partial charge in [-0.3, -0.25) is 0 Å². The lowest BCUT2D eigenvalue weighted by Gasteiger charge is -2.49. The van der Waals surface area contributed by atoms with Crippen molar-refractivity contribution < 1.29 is 41.7 Å². The van der Waals surface area contributed by atoms with Gasteiger partial charge in [-0.2, -0.15) is 26.3 Å². The summed E-state index contributed by atoms with van der Waals surface area (Å²) < 4.78 is 79.8. The number of aliphatic hydroxyl groups is 3. The predicted octanol–water partition coefficient (Wildman–Crippen LogP) is 8.35. The number of fused-ring (bicyclic) bond motifs is 1. The first-order valence-electron chi connectivity index (χ1n) is 15.0. The molecule has 0 aromatic rings. The van der Waals surface area contributed by atoms with Gasteiger partial charge in [0.2, 0.25) is 0 Å². The second kappa shape index (κ2) is 12.3. The summed E-state index contributed by atoms with van der Waals surface area (Å²) in [5.41, 5.74) is -3.97. The molecule has 5 atom stereocenters. The largest absolute Gasteiger partial charge is 0.438 e. The topological polar surface area (TPSA) is 60.7 Å². The molecule has 3 fully saturated rings. The summed E-state index contributed by atoms with van der Waals surface area (Å²) in [4.78, 5) is 0. The van der Waals surface area contributed by atoms with E-state index in [9.17, 15) is 41.7 Å². The molecular formula is C33H46F6O3. The van der Waals surface area contributed by atoms with Crippen molar-refractivity contribution in [1.29, 1.82) is 0 Å². The van der Waals surface area contributed by atoms with E-state index in [2.05, 4.69) is 31.6 Å². The normalized spacial score (nSPS) is 31.1. The highest BCUT2D eigenvalue weighted by atomic mass is 19.4. The van der Waals surface area contributed by atoms with Crippen molar-refractivity contribution in [3.05, 3.63) is 35.5 Å². The zero-order chi connectivity index (χ0) is 31.8. The fraction of sp³-hybridized carbons (Fsp3) is 0.758. The van der Waals surface area contributed by atoms with E-state index in [1.54, 1.807) is 13.8 Å². The zero-order valence-electron chi connectivity index (χ0n) is 25.2. The first-order chi connectivity index (χ1) is 19.1. The van der Waals surface area contributed by atoms with Gasteiger partial charge in [-0.15, -0.1) is 0 Å². The van der Waals surface area contributed by atoms with E-state index in [0.29, 0.717) is 25.7 Å². The summed E-state index contributed by atoms with van der Waals surface area (Å²) in [6, 6.07) is 0. The van der Waals surface area contributed by atoms with Gasteiger partial charge in [-0.25, -0.2) is 0 Å². The van der Waals surface area contributed by atoms with Gasteiger partial charge < -0.3 is 15.3 Å². The van der Waals surface area contributed by atoms with E-state index in [4.69, 9.17) is 0 Å². The average Bonchev–Trinajstić information content (AvgIpc) is 3.21. The van der Waals surface area contributed by atoms with Crippen molar-refractivity contribution in [3.63, 3.8) is 0 Å². The Balaban J connectivity index is 1.95. The van der Waals surface area contributed by atoms with E-state index >= 15 is 0 Å². The molecule has 0 spiro atoms. The minimum atomic E-state index is -5.99. The van der Waals surface area contributed by atoms with Crippen LogP contribution in [0.25, 0.3) is 0 Å². The molecule has 0 amide bonds. The Morgan fingerprint density at radius 2 is 1.57 bits per heavy atom. The summed E-state index contributed by atoms with van der Waals surface area (Å²) in [7, 11) is 0. The number of allylic oxidation sites excluding steroid dienone is 3. The number of halogens is 6. The molecule has 0 aromatic carbocycles. The van der Waals surface area contributed by atoms with Crippen molar-refractivity contribution in [1.82, 2.24) is 0 Å². The molecule has 3 N–H and O–H groups in total. The van der Waals surface area contributed by atoms with Crippen LogP contribution in [0, 0.1) is 34.5 Å². The molecular weight excluding hydrogens is 558 g/mol. The van der Waals surface area contributed by atoms with E-state index in [1.807, 2.05) is 6.92 Å². The number of hydrogen-bond donors (Lipinski definition) is 3. The first-order valence-corrected chi connectivity index (χ1v) is 15.0. The second-order valence-corrected chi connectivity index (χ2v) is 13.9. The van der Waals surface area contributed by atoms with Gasteiger partial charge in [0, 0.05) is 6.42 Å². The molecule has 3 nitrogen and oxygen atoms in total. The molecule has 0 heterocycles. The van der Waals surface area contributed by atoms with Crippen LogP contribution in [-0.2, 0) is 0 Å². The smallest absolute Gasteiger partial charge is 0.390 e. The fourth-order valence-corrected chi connectivity index (χ4v) is 7.80. The van der Waals surface area contributed by atoms with Crippen molar-refractivity contribution >= 4 is 0 Å². The second-order valence-electron chi connectivity index (χ2n) is 13.9. The van der Waals surface area contributed by atoms with Crippen LogP contribution in [0.2, 0.25) is 0 Å². The van der Waals surface area contributed by atoms with Crippen molar-refractivity contribution in [2.24, 2.45) is 22.7 Å². The van der Waals surface area contributed by atoms with E-state index in [0.717, 1.165) is 56.1 Å². The summed E-state index contributed by atoms with van der Waals surface area (Å²) in [6.45, 7) is 11.4. The highest BCUT2D eigenvalue weighted by Crippen LogP contribution is 2.63. The maximum absolute atomic E-state index is 13.3. The molecule has 0 aliphatic heterocycles. The summed E-state index contributed by atoms with van der Waals surface area (Å²) in [5, 5.41) is 30.1. The van der Waals surface area contributed by atoms with Gasteiger partial charge in [0.25, 0.3) is 0 Å². The number of rotatable bonds is 7. The van der Waals surface area contributed by atoms with Crippen LogP contribution in [0.15, 0.2) is 35.5 Å². The Labute approximate surface area is 246 Å². The molecule has 238 valence electrons. The third-order valence-electron chi connectivity index (χ3n) is 10.2. The SMILES string of the molecule is C=C1/C(=C\C=C2/CCCC3(C)C2CCC3C(C)(CC#CC(O)(C(F)(F)F)C(F)(F)F)CCCC(C)(C)O)CCCC1O.